The Hall–Kier alpha value is -3.18. The van der Waals surface area contributed by atoms with Gasteiger partial charge in [-0.15, -0.1) is 0 Å². The Balaban J connectivity index is 1.65. The second-order valence-corrected chi connectivity index (χ2v) is 8.42. The molecule has 0 saturated carbocycles. The van der Waals surface area contributed by atoms with Crippen molar-refractivity contribution in [2.45, 2.75) is 26.3 Å². The topological polar surface area (TPSA) is 42.4 Å². The smallest absolute Gasteiger partial charge is 0.267 e. The maximum absolute atomic E-state index is 13.2. The van der Waals surface area contributed by atoms with Gasteiger partial charge in [0.15, 0.2) is 11.7 Å². The third-order valence-electron chi connectivity index (χ3n) is 4.88. The van der Waals surface area contributed by atoms with Crippen LogP contribution in [0.1, 0.15) is 30.9 Å². The first-order valence-corrected chi connectivity index (χ1v) is 10.8. The van der Waals surface area contributed by atoms with Gasteiger partial charge >= 0.3 is 0 Å². The van der Waals surface area contributed by atoms with Gasteiger partial charge in [-0.3, -0.25) is 9.69 Å². The Kier molecular flexibility index (Phi) is 6.10. The number of carbonyl (C=O) groups excluding carboxylic acids is 1. The normalized spacial score (nSPS) is 11.0. The molecule has 152 valence electrons. The Morgan fingerprint density at radius 3 is 2.37 bits per heavy atom. The van der Waals surface area contributed by atoms with Crippen LogP contribution in [0.5, 0.6) is 5.75 Å². The largest absolute Gasteiger partial charge is 0.484 e. The molecule has 0 aliphatic heterocycles. The predicted octanol–water partition coefficient (Wildman–Crippen LogP) is 6.03. The molecule has 1 amide bonds. The van der Waals surface area contributed by atoms with Crippen LogP contribution in [-0.4, -0.2) is 17.5 Å². The molecule has 0 saturated heterocycles. The lowest BCUT2D eigenvalue weighted by molar-refractivity contribution is -0.120. The number of amides is 1. The van der Waals surface area contributed by atoms with Crippen molar-refractivity contribution in [2.75, 3.05) is 11.5 Å². The maximum atomic E-state index is 13.2. The van der Waals surface area contributed by atoms with E-state index >= 15 is 0 Å². The minimum absolute atomic E-state index is 0.0379. The van der Waals surface area contributed by atoms with Crippen LogP contribution in [0.2, 0.25) is 0 Å². The number of hydrogen-bond acceptors (Lipinski definition) is 4. The van der Waals surface area contributed by atoms with Crippen molar-refractivity contribution in [3.05, 3.63) is 90.0 Å². The van der Waals surface area contributed by atoms with Gasteiger partial charge in [-0.25, -0.2) is 4.98 Å². The second-order valence-electron chi connectivity index (χ2n) is 7.41. The van der Waals surface area contributed by atoms with Crippen LogP contribution in [0.15, 0.2) is 78.9 Å². The van der Waals surface area contributed by atoms with Crippen LogP contribution in [0.3, 0.4) is 0 Å². The molecule has 5 heteroatoms. The molecule has 1 heterocycles. The number of carbonyl (C=O) groups is 1. The summed E-state index contributed by atoms with van der Waals surface area (Å²) in [7, 11) is 0. The van der Waals surface area contributed by atoms with E-state index in [0.717, 1.165) is 15.8 Å². The van der Waals surface area contributed by atoms with E-state index in [1.165, 1.54) is 5.56 Å². The van der Waals surface area contributed by atoms with Gasteiger partial charge in [-0.1, -0.05) is 85.8 Å². The highest BCUT2D eigenvalue weighted by Crippen LogP contribution is 2.34. The fraction of sp³-hybridized carbons (Fsp3) is 0.200. The van der Waals surface area contributed by atoms with Gasteiger partial charge in [-0.2, -0.15) is 0 Å². The summed E-state index contributed by atoms with van der Waals surface area (Å²) in [6, 6.07) is 25.6. The Bertz CT molecular complexity index is 1120. The van der Waals surface area contributed by atoms with Crippen molar-refractivity contribution in [3.8, 4) is 5.75 Å². The molecule has 0 atom stereocenters. The minimum Gasteiger partial charge on any atom is -0.484 e. The van der Waals surface area contributed by atoms with Crippen molar-refractivity contribution < 1.29 is 9.53 Å². The summed E-state index contributed by atoms with van der Waals surface area (Å²) in [4.78, 5) is 19.8. The molecule has 0 fully saturated rings. The summed E-state index contributed by atoms with van der Waals surface area (Å²) in [5.74, 6) is 0.924. The van der Waals surface area contributed by atoms with Gasteiger partial charge in [0, 0.05) is 0 Å². The average Bonchev–Trinajstić information content (AvgIpc) is 3.21. The minimum atomic E-state index is -0.118. The van der Waals surface area contributed by atoms with Crippen LogP contribution in [0.4, 0.5) is 5.13 Å². The third-order valence-corrected chi connectivity index (χ3v) is 5.93. The zero-order chi connectivity index (χ0) is 20.9. The lowest BCUT2D eigenvalue weighted by Gasteiger charge is -2.20. The molecular weight excluding hydrogens is 392 g/mol. The van der Waals surface area contributed by atoms with Crippen molar-refractivity contribution in [2.24, 2.45) is 0 Å². The first kappa shape index (κ1) is 20.1. The van der Waals surface area contributed by atoms with E-state index in [9.17, 15) is 4.79 Å². The SMILES string of the molecule is CC(C)c1cccc2sc(N(Cc3ccccc3)C(=O)COc3ccccc3)nc12. The highest BCUT2D eigenvalue weighted by Gasteiger charge is 2.22. The fourth-order valence-electron chi connectivity index (χ4n) is 3.31. The second kappa shape index (κ2) is 9.09. The molecule has 1 aromatic heterocycles. The number of ether oxygens (including phenoxy) is 1. The van der Waals surface area contributed by atoms with E-state index in [1.54, 1.807) is 16.2 Å². The van der Waals surface area contributed by atoms with Crippen molar-refractivity contribution >= 4 is 32.6 Å². The number of thiazole rings is 1. The van der Waals surface area contributed by atoms with Gasteiger partial charge in [-0.05, 0) is 35.2 Å². The van der Waals surface area contributed by atoms with Crippen molar-refractivity contribution in [1.82, 2.24) is 4.98 Å². The van der Waals surface area contributed by atoms with Crippen LogP contribution < -0.4 is 9.64 Å². The number of para-hydroxylation sites is 2. The van der Waals surface area contributed by atoms with Gasteiger partial charge in [0.2, 0.25) is 0 Å². The molecule has 4 rings (SSSR count). The molecule has 4 aromatic rings. The molecule has 4 nitrogen and oxygen atoms in total. The zero-order valence-electron chi connectivity index (χ0n) is 17.1. The van der Waals surface area contributed by atoms with Crippen molar-refractivity contribution in [3.63, 3.8) is 0 Å². The molecule has 0 unspecified atom stereocenters. The molecule has 0 aliphatic rings. The van der Waals surface area contributed by atoms with E-state index in [2.05, 4.69) is 32.0 Å². The molecule has 0 N–H and O–H groups in total. The number of aromatic nitrogens is 1. The number of rotatable bonds is 7. The summed E-state index contributed by atoms with van der Waals surface area (Å²) in [6.07, 6.45) is 0. The van der Waals surface area contributed by atoms with Crippen LogP contribution >= 0.6 is 11.3 Å². The van der Waals surface area contributed by atoms with Crippen LogP contribution in [0, 0.1) is 0 Å². The molecule has 0 aliphatic carbocycles. The highest BCUT2D eigenvalue weighted by atomic mass is 32.1. The highest BCUT2D eigenvalue weighted by molar-refractivity contribution is 7.22. The summed E-state index contributed by atoms with van der Waals surface area (Å²) in [5.41, 5.74) is 3.22. The Labute approximate surface area is 180 Å². The molecule has 0 bridgehead atoms. The first-order valence-electron chi connectivity index (χ1n) is 10.0. The lowest BCUT2D eigenvalue weighted by atomic mass is 10.0. The number of anilines is 1. The lowest BCUT2D eigenvalue weighted by Crippen LogP contribution is -2.34. The summed E-state index contributed by atoms with van der Waals surface area (Å²) >= 11 is 1.54. The van der Waals surface area contributed by atoms with E-state index in [-0.39, 0.29) is 12.5 Å². The molecule has 30 heavy (non-hydrogen) atoms. The zero-order valence-corrected chi connectivity index (χ0v) is 17.9. The maximum Gasteiger partial charge on any atom is 0.267 e. The summed E-state index contributed by atoms with van der Waals surface area (Å²) in [5, 5.41) is 0.698. The number of fused-ring (bicyclic) bond motifs is 1. The molecule has 3 aromatic carbocycles. The van der Waals surface area contributed by atoms with E-state index in [0.29, 0.717) is 23.3 Å². The van der Waals surface area contributed by atoms with E-state index in [1.807, 2.05) is 60.7 Å². The fourth-order valence-corrected chi connectivity index (χ4v) is 4.32. The van der Waals surface area contributed by atoms with E-state index in [4.69, 9.17) is 9.72 Å². The average molecular weight is 417 g/mol. The first-order chi connectivity index (χ1) is 14.6. The quantitative estimate of drug-likeness (QED) is 0.369. The number of nitrogens with zero attached hydrogens (tertiary/aromatic N) is 2. The Morgan fingerprint density at radius 1 is 0.967 bits per heavy atom. The van der Waals surface area contributed by atoms with Gasteiger partial charge in [0.1, 0.15) is 5.75 Å². The van der Waals surface area contributed by atoms with Gasteiger partial charge in [0.05, 0.1) is 16.8 Å². The summed E-state index contributed by atoms with van der Waals surface area (Å²) in [6.45, 7) is 4.74. The van der Waals surface area contributed by atoms with E-state index < -0.39 is 0 Å². The molecule has 0 spiro atoms. The Morgan fingerprint density at radius 2 is 1.67 bits per heavy atom. The van der Waals surface area contributed by atoms with Gasteiger partial charge < -0.3 is 4.74 Å². The number of benzene rings is 3. The monoisotopic (exact) mass is 416 g/mol. The van der Waals surface area contributed by atoms with Gasteiger partial charge in [0.25, 0.3) is 5.91 Å². The predicted molar refractivity (Wildman–Crippen MR) is 123 cm³/mol. The third kappa shape index (κ3) is 4.52. The molecular formula is C25H24N2O2S. The van der Waals surface area contributed by atoms with Crippen LogP contribution in [0.25, 0.3) is 10.2 Å². The van der Waals surface area contributed by atoms with Crippen molar-refractivity contribution in [1.29, 1.82) is 0 Å². The summed E-state index contributed by atoms with van der Waals surface area (Å²) < 4.78 is 6.82. The molecule has 0 radical (unpaired) electrons. The standard InChI is InChI=1S/C25H24N2O2S/c1-18(2)21-14-9-15-22-24(21)26-25(30-22)27(16-19-10-5-3-6-11-19)23(28)17-29-20-12-7-4-8-13-20/h3-15,18H,16-17H2,1-2H3. The number of hydrogen-bond donors (Lipinski definition) is 0. The van der Waals surface area contributed by atoms with Crippen LogP contribution in [-0.2, 0) is 11.3 Å².